The number of nitrogens with zero attached hydrogens (tertiary/aromatic N) is 1. The van der Waals surface area contributed by atoms with Gasteiger partial charge in [0.15, 0.2) is 0 Å². The summed E-state index contributed by atoms with van der Waals surface area (Å²) in [6.45, 7) is 2.80. The molecule has 0 aliphatic carbocycles. The highest BCUT2D eigenvalue weighted by Crippen LogP contribution is 2.20. The van der Waals surface area contributed by atoms with E-state index in [1.807, 2.05) is 6.92 Å². The maximum absolute atomic E-state index is 13.8. The summed E-state index contributed by atoms with van der Waals surface area (Å²) < 4.78 is 19.0. The number of hydrogen-bond acceptors (Lipinski definition) is 3. The molecule has 0 aliphatic rings. The van der Waals surface area contributed by atoms with Crippen molar-refractivity contribution >= 4 is 11.6 Å². The number of amides is 1. The molecule has 1 atom stereocenters. The maximum atomic E-state index is 13.8. The van der Waals surface area contributed by atoms with Crippen LogP contribution in [-0.2, 0) is 9.53 Å². The molecule has 1 unspecified atom stereocenters. The van der Waals surface area contributed by atoms with E-state index in [1.54, 1.807) is 25.3 Å². The van der Waals surface area contributed by atoms with Gasteiger partial charge in [0.1, 0.15) is 5.82 Å². The van der Waals surface area contributed by atoms with Crippen LogP contribution in [0.5, 0.6) is 0 Å². The van der Waals surface area contributed by atoms with Crippen molar-refractivity contribution in [2.45, 2.75) is 32.3 Å². The number of benzene rings is 1. The predicted molar refractivity (Wildman–Crippen MR) is 78.1 cm³/mol. The molecule has 0 spiro atoms. The van der Waals surface area contributed by atoms with E-state index in [4.69, 9.17) is 10.5 Å². The van der Waals surface area contributed by atoms with E-state index in [0.717, 1.165) is 0 Å². The van der Waals surface area contributed by atoms with Crippen LogP contribution in [0, 0.1) is 5.82 Å². The average Bonchev–Trinajstić information content (AvgIpc) is 2.46. The van der Waals surface area contributed by atoms with Gasteiger partial charge in [-0.2, -0.15) is 0 Å². The summed E-state index contributed by atoms with van der Waals surface area (Å²) >= 11 is 0. The molecule has 2 N–H and O–H groups in total. The number of halogens is 1. The van der Waals surface area contributed by atoms with Gasteiger partial charge in [-0.3, -0.25) is 4.79 Å². The molecule has 112 valence electrons. The molecule has 0 fully saturated rings. The van der Waals surface area contributed by atoms with E-state index >= 15 is 0 Å². The Labute approximate surface area is 119 Å². The van der Waals surface area contributed by atoms with E-state index in [9.17, 15) is 9.18 Å². The summed E-state index contributed by atoms with van der Waals surface area (Å²) in [5.41, 5.74) is 5.80. The Morgan fingerprint density at radius 2 is 2.15 bits per heavy atom. The first-order valence-electron chi connectivity index (χ1n) is 6.88. The van der Waals surface area contributed by atoms with Gasteiger partial charge < -0.3 is 15.4 Å². The summed E-state index contributed by atoms with van der Waals surface area (Å²) in [6, 6.07) is 6.30. The van der Waals surface area contributed by atoms with Crippen molar-refractivity contribution in [3.8, 4) is 0 Å². The van der Waals surface area contributed by atoms with Gasteiger partial charge in [-0.05, 0) is 38.4 Å². The molecule has 4 nitrogen and oxygen atoms in total. The second-order valence-corrected chi connectivity index (χ2v) is 4.72. The van der Waals surface area contributed by atoms with Crippen molar-refractivity contribution in [3.05, 3.63) is 30.1 Å². The fourth-order valence-corrected chi connectivity index (χ4v) is 1.88. The third kappa shape index (κ3) is 4.90. The number of methoxy groups -OCH3 is 1. The maximum Gasteiger partial charge on any atom is 0.227 e. The van der Waals surface area contributed by atoms with Gasteiger partial charge in [0.05, 0.1) is 11.8 Å². The Bertz CT molecular complexity index is 426. The molecule has 5 heteroatoms. The Hall–Kier alpha value is -1.46. The van der Waals surface area contributed by atoms with Crippen molar-refractivity contribution in [1.29, 1.82) is 0 Å². The average molecular weight is 282 g/mol. The van der Waals surface area contributed by atoms with E-state index in [0.29, 0.717) is 38.0 Å². The minimum atomic E-state index is -0.391. The molecule has 1 aromatic rings. The summed E-state index contributed by atoms with van der Waals surface area (Å²) in [4.78, 5) is 13.8. The molecule has 1 rings (SSSR count). The predicted octanol–water partition coefficient (Wildman–Crippen LogP) is 2.32. The Morgan fingerprint density at radius 3 is 2.75 bits per heavy atom. The molecule has 20 heavy (non-hydrogen) atoms. The summed E-state index contributed by atoms with van der Waals surface area (Å²) in [7, 11) is 1.61. The van der Waals surface area contributed by atoms with Gasteiger partial charge in [-0.25, -0.2) is 4.39 Å². The lowest BCUT2D eigenvalue weighted by Gasteiger charge is -2.23. The number of nitrogens with two attached hydrogens (primary N) is 1. The molecule has 0 heterocycles. The lowest BCUT2D eigenvalue weighted by atomic mass is 10.1. The van der Waals surface area contributed by atoms with E-state index in [-0.39, 0.29) is 12.0 Å². The second kappa shape index (κ2) is 8.66. The molecule has 0 bridgehead atoms. The van der Waals surface area contributed by atoms with Gasteiger partial charge in [0, 0.05) is 20.1 Å². The summed E-state index contributed by atoms with van der Waals surface area (Å²) in [5, 5.41) is 0. The van der Waals surface area contributed by atoms with Crippen LogP contribution in [0.3, 0.4) is 0 Å². The third-order valence-electron chi connectivity index (χ3n) is 3.20. The van der Waals surface area contributed by atoms with Gasteiger partial charge in [-0.15, -0.1) is 0 Å². The number of rotatable bonds is 8. The number of hydrogen-bond donors (Lipinski definition) is 1. The van der Waals surface area contributed by atoms with E-state index in [2.05, 4.69) is 0 Å². The van der Waals surface area contributed by atoms with Crippen LogP contribution in [0.4, 0.5) is 10.1 Å². The summed E-state index contributed by atoms with van der Waals surface area (Å²) in [5.74, 6) is -0.495. The van der Waals surface area contributed by atoms with Crippen LogP contribution in [-0.4, -0.2) is 32.2 Å². The van der Waals surface area contributed by atoms with Crippen LogP contribution in [0.15, 0.2) is 24.3 Å². The molecule has 0 radical (unpaired) electrons. The molecular formula is C15H23FN2O2. The van der Waals surface area contributed by atoms with Gasteiger partial charge >= 0.3 is 0 Å². The van der Waals surface area contributed by atoms with Crippen molar-refractivity contribution in [1.82, 2.24) is 0 Å². The first kappa shape index (κ1) is 16.6. The van der Waals surface area contributed by atoms with Gasteiger partial charge in [-0.1, -0.05) is 12.1 Å². The Balaban J connectivity index is 2.78. The van der Waals surface area contributed by atoms with Crippen molar-refractivity contribution in [3.63, 3.8) is 0 Å². The first-order chi connectivity index (χ1) is 9.60. The number of anilines is 1. The SMILES string of the molecule is COC(C)CCC(=O)N(CCCN)c1ccccc1F. The number of ether oxygens (including phenoxy) is 1. The van der Waals surface area contributed by atoms with E-state index < -0.39 is 5.82 Å². The van der Waals surface area contributed by atoms with Gasteiger partial charge in [0.25, 0.3) is 0 Å². The highest BCUT2D eigenvalue weighted by Gasteiger charge is 2.18. The minimum Gasteiger partial charge on any atom is -0.382 e. The van der Waals surface area contributed by atoms with Crippen molar-refractivity contribution in [2.24, 2.45) is 5.73 Å². The van der Waals surface area contributed by atoms with Crippen molar-refractivity contribution < 1.29 is 13.9 Å². The quantitative estimate of drug-likeness (QED) is 0.796. The Kier molecular flexibility index (Phi) is 7.18. The van der Waals surface area contributed by atoms with Crippen LogP contribution in [0.1, 0.15) is 26.2 Å². The molecule has 1 amide bonds. The minimum absolute atomic E-state index is 0.0101. The smallest absolute Gasteiger partial charge is 0.227 e. The van der Waals surface area contributed by atoms with Gasteiger partial charge in [0.2, 0.25) is 5.91 Å². The third-order valence-corrected chi connectivity index (χ3v) is 3.20. The topological polar surface area (TPSA) is 55.6 Å². The lowest BCUT2D eigenvalue weighted by Crippen LogP contribution is -2.34. The normalized spacial score (nSPS) is 12.2. The number of carbonyl (C=O) groups excluding carboxylic acids is 1. The first-order valence-corrected chi connectivity index (χ1v) is 6.88. The van der Waals surface area contributed by atoms with Crippen LogP contribution >= 0.6 is 0 Å². The molecular weight excluding hydrogens is 259 g/mol. The molecule has 0 saturated heterocycles. The van der Waals surface area contributed by atoms with E-state index in [1.165, 1.54) is 11.0 Å². The molecule has 0 aliphatic heterocycles. The largest absolute Gasteiger partial charge is 0.382 e. The molecule has 0 saturated carbocycles. The zero-order valence-electron chi connectivity index (χ0n) is 12.1. The molecule has 1 aromatic carbocycles. The fourth-order valence-electron chi connectivity index (χ4n) is 1.88. The van der Waals surface area contributed by atoms with Crippen LogP contribution in [0.25, 0.3) is 0 Å². The number of carbonyl (C=O) groups is 1. The highest BCUT2D eigenvalue weighted by atomic mass is 19.1. The zero-order chi connectivity index (χ0) is 15.0. The number of para-hydroxylation sites is 1. The zero-order valence-corrected chi connectivity index (χ0v) is 12.1. The highest BCUT2D eigenvalue weighted by molar-refractivity contribution is 5.93. The summed E-state index contributed by atoms with van der Waals surface area (Å²) in [6.07, 6.45) is 1.59. The Morgan fingerprint density at radius 1 is 1.45 bits per heavy atom. The standard InChI is InChI=1S/C15H23FN2O2/c1-12(20-2)8-9-15(19)18(11-5-10-17)14-7-4-3-6-13(14)16/h3-4,6-7,12H,5,8-11,17H2,1-2H3. The molecule has 0 aromatic heterocycles. The van der Waals surface area contributed by atoms with Crippen LogP contribution in [0.2, 0.25) is 0 Å². The second-order valence-electron chi connectivity index (χ2n) is 4.72. The van der Waals surface area contributed by atoms with Crippen LogP contribution < -0.4 is 10.6 Å². The lowest BCUT2D eigenvalue weighted by molar-refractivity contribution is -0.119. The van der Waals surface area contributed by atoms with Crippen molar-refractivity contribution in [2.75, 3.05) is 25.1 Å². The monoisotopic (exact) mass is 282 g/mol. The fraction of sp³-hybridized carbons (Fsp3) is 0.533.